The molecule has 0 aliphatic heterocycles. The Labute approximate surface area is 126 Å². The summed E-state index contributed by atoms with van der Waals surface area (Å²) < 4.78 is 19.4. The van der Waals surface area contributed by atoms with Crippen LogP contribution < -0.4 is 10.5 Å². The lowest BCUT2D eigenvalue weighted by molar-refractivity contribution is 0.299. The predicted molar refractivity (Wildman–Crippen MR) is 79.4 cm³/mol. The highest BCUT2D eigenvalue weighted by molar-refractivity contribution is 6.31. The molecular weight excluding hydrogens is 295 g/mol. The summed E-state index contributed by atoms with van der Waals surface area (Å²) in [6.45, 7) is 1.94. The molecule has 0 aliphatic carbocycles. The van der Waals surface area contributed by atoms with Gasteiger partial charge in [0, 0.05) is 16.1 Å². The maximum atomic E-state index is 13.9. The van der Waals surface area contributed by atoms with Gasteiger partial charge in [0.25, 0.3) is 0 Å². The van der Waals surface area contributed by atoms with E-state index in [9.17, 15) is 4.39 Å². The van der Waals surface area contributed by atoms with Crippen LogP contribution in [0.1, 0.15) is 16.7 Å². The molecule has 2 aromatic carbocycles. The third-order valence-electron chi connectivity index (χ3n) is 2.98. The van der Waals surface area contributed by atoms with Gasteiger partial charge >= 0.3 is 0 Å². The summed E-state index contributed by atoms with van der Waals surface area (Å²) in [5.74, 6) is -0.0173. The molecule has 0 spiro atoms. The fourth-order valence-electron chi connectivity index (χ4n) is 1.75. The lowest BCUT2D eigenvalue weighted by atomic mass is 10.1. The van der Waals surface area contributed by atoms with E-state index in [1.165, 1.54) is 12.1 Å². The summed E-state index contributed by atoms with van der Waals surface area (Å²) in [5, 5.41) is 12.0. The van der Waals surface area contributed by atoms with E-state index >= 15 is 0 Å². The molecular formula is C15H14ClFN2O2. The quantitative estimate of drug-likeness (QED) is 0.393. The minimum Gasteiger partial charge on any atom is -0.489 e. The Bertz CT molecular complexity index is 689. The normalized spacial score (nSPS) is 11.5. The molecule has 0 unspecified atom stereocenters. The van der Waals surface area contributed by atoms with E-state index < -0.39 is 5.82 Å². The maximum Gasteiger partial charge on any atom is 0.170 e. The van der Waals surface area contributed by atoms with Crippen molar-refractivity contribution in [3.05, 3.63) is 63.9 Å². The molecule has 0 amide bonds. The Morgan fingerprint density at radius 2 is 2.10 bits per heavy atom. The zero-order valence-electron chi connectivity index (χ0n) is 11.3. The van der Waals surface area contributed by atoms with Crippen molar-refractivity contribution in [1.29, 1.82) is 0 Å². The second-order valence-corrected chi connectivity index (χ2v) is 4.90. The van der Waals surface area contributed by atoms with Crippen LogP contribution in [-0.4, -0.2) is 11.0 Å². The van der Waals surface area contributed by atoms with Crippen molar-refractivity contribution in [3.8, 4) is 5.75 Å². The fourth-order valence-corrected chi connectivity index (χ4v) is 1.87. The van der Waals surface area contributed by atoms with Gasteiger partial charge in [-0.2, -0.15) is 0 Å². The molecule has 0 aromatic heterocycles. The number of oxime groups is 1. The van der Waals surface area contributed by atoms with Gasteiger partial charge in [0.05, 0.1) is 0 Å². The van der Waals surface area contributed by atoms with Crippen LogP contribution in [0.3, 0.4) is 0 Å². The van der Waals surface area contributed by atoms with Crippen molar-refractivity contribution in [2.45, 2.75) is 13.5 Å². The molecule has 0 saturated carbocycles. The highest BCUT2D eigenvalue weighted by Gasteiger charge is 2.07. The van der Waals surface area contributed by atoms with E-state index in [0.717, 1.165) is 5.56 Å². The topological polar surface area (TPSA) is 67.8 Å². The molecule has 3 N–H and O–H groups in total. The molecule has 2 aromatic rings. The van der Waals surface area contributed by atoms with Gasteiger partial charge in [0.15, 0.2) is 5.84 Å². The highest BCUT2D eigenvalue weighted by atomic mass is 35.5. The molecule has 2 rings (SSSR count). The van der Waals surface area contributed by atoms with Crippen molar-refractivity contribution < 1.29 is 14.3 Å². The lowest BCUT2D eigenvalue weighted by Gasteiger charge is -2.09. The monoisotopic (exact) mass is 308 g/mol. The minimum atomic E-state index is -0.482. The Morgan fingerprint density at radius 3 is 2.71 bits per heavy atom. The fraction of sp³-hybridized carbons (Fsp3) is 0.133. The van der Waals surface area contributed by atoms with Crippen molar-refractivity contribution in [3.63, 3.8) is 0 Å². The van der Waals surface area contributed by atoms with E-state index in [1.54, 1.807) is 24.3 Å². The number of hydrogen-bond donors (Lipinski definition) is 2. The average Bonchev–Trinajstić information content (AvgIpc) is 2.48. The zero-order valence-corrected chi connectivity index (χ0v) is 12.1. The van der Waals surface area contributed by atoms with Crippen molar-refractivity contribution in [2.24, 2.45) is 10.9 Å². The largest absolute Gasteiger partial charge is 0.489 e. The third-order valence-corrected chi connectivity index (χ3v) is 3.40. The first-order valence-corrected chi connectivity index (χ1v) is 6.54. The second kappa shape index (κ2) is 6.45. The van der Waals surface area contributed by atoms with Crippen LogP contribution in [0.2, 0.25) is 5.02 Å². The summed E-state index contributed by atoms with van der Waals surface area (Å²) in [6.07, 6.45) is 0. The number of benzene rings is 2. The van der Waals surface area contributed by atoms with Crippen LogP contribution in [0.4, 0.5) is 4.39 Å². The van der Waals surface area contributed by atoms with Gasteiger partial charge in [0.2, 0.25) is 0 Å². The van der Waals surface area contributed by atoms with Crippen molar-refractivity contribution >= 4 is 17.4 Å². The number of amidine groups is 1. The molecule has 0 bridgehead atoms. The Kier molecular flexibility index (Phi) is 4.65. The Hall–Kier alpha value is -2.27. The van der Waals surface area contributed by atoms with Gasteiger partial charge < -0.3 is 15.7 Å². The zero-order chi connectivity index (χ0) is 15.4. The number of nitrogens with zero attached hydrogens (tertiary/aromatic N) is 1. The van der Waals surface area contributed by atoms with Crippen LogP contribution in [0.5, 0.6) is 5.75 Å². The predicted octanol–water partition coefficient (Wildman–Crippen LogP) is 3.46. The standard InChI is InChI=1S/C15H14ClFN2O2/c1-9-6-12(4-5-13(9)16)21-8-11-3-2-10(7-14(11)17)15(18)19-20/h2-7,20H,8H2,1H3,(H2,18,19). The van der Waals surface area contributed by atoms with E-state index in [-0.39, 0.29) is 12.4 Å². The number of nitrogens with two attached hydrogens (primary N) is 1. The summed E-state index contributed by atoms with van der Waals surface area (Å²) >= 11 is 5.92. The molecule has 0 heterocycles. The Balaban J connectivity index is 2.11. The third kappa shape index (κ3) is 3.64. The second-order valence-electron chi connectivity index (χ2n) is 4.49. The van der Waals surface area contributed by atoms with Crippen LogP contribution in [-0.2, 0) is 6.61 Å². The molecule has 0 atom stereocenters. The van der Waals surface area contributed by atoms with Gasteiger partial charge in [-0.15, -0.1) is 0 Å². The molecule has 0 fully saturated rings. The van der Waals surface area contributed by atoms with Crippen molar-refractivity contribution in [1.82, 2.24) is 0 Å². The van der Waals surface area contributed by atoms with Gasteiger partial charge in [0.1, 0.15) is 18.2 Å². The van der Waals surface area contributed by atoms with E-state index in [2.05, 4.69) is 5.16 Å². The summed E-state index contributed by atoms with van der Waals surface area (Å²) in [4.78, 5) is 0. The molecule has 0 saturated heterocycles. The smallest absolute Gasteiger partial charge is 0.170 e. The molecule has 6 heteroatoms. The maximum absolute atomic E-state index is 13.9. The first-order valence-electron chi connectivity index (χ1n) is 6.16. The summed E-state index contributed by atoms with van der Waals surface area (Å²) in [6, 6.07) is 9.52. The lowest BCUT2D eigenvalue weighted by Crippen LogP contribution is -2.13. The number of aryl methyl sites for hydroxylation is 1. The number of rotatable bonds is 4. The molecule has 0 aliphatic rings. The van der Waals surface area contributed by atoms with Gasteiger partial charge in [-0.3, -0.25) is 0 Å². The molecule has 110 valence electrons. The number of hydrogen-bond acceptors (Lipinski definition) is 3. The molecule has 21 heavy (non-hydrogen) atoms. The Morgan fingerprint density at radius 1 is 1.33 bits per heavy atom. The summed E-state index contributed by atoms with van der Waals surface area (Å²) in [7, 11) is 0. The number of halogens is 2. The summed E-state index contributed by atoms with van der Waals surface area (Å²) in [5.41, 5.74) is 6.96. The van der Waals surface area contributed by atoms with Crippen LogP contribution in [0.15, 0.2) is 41.6 Å². The minimum absolute atomic E-state index is 0.0728. The van der Waals surface area contributed by atoms with E-state index in [0.29, 0.717) is 21.9 Å². The molecule has 4 nitrogen and oxygen atoms in total. The SMILES string of the molecule is Cc1cc(OCc2ccc(/C(N)=N/O)cc2F)ccc1Cl. The van der Waals surface area contributed by atoms with Crippen LogP contribution >= 0.6 is 11.6 Å². The average molecular weight is 309 g/mol. The van der Waals surface area contributed by atoms with Gasteiger partial charge in [-0.1, -0.05) is 28.9 Å². The van der Waals surface area contributed by atoms with Crippen LogP contribution in [0, 0.1) is 12.7 Å². The van der Waals surface area contributed by atoms with Gasteiger partial charge in [-0.05, 0) is 36.8 Å². The first kappa shape index (κ1) is 15.1. The van der Waals surface area contributed by atoms with E-state index in [1.807, 2.05) is 6.92 Å². The van der Waals surface area contributed by atoms with Gasteiger partial charge in [-0.25, -0.2) is 4.39 Å². The van der Waals surface area contributed by atoms with E-state index in [4.69, 9.17) is 27.3 Å². The van der Waals surface area contributed by atoms with Crippen molar-refractivity contribution in [2.75, 3.05) is 0 Å². The number of ether oxygens (including phenoxy) is 1. The highest BCUT2D eigenvalue weighted by Crippen LogP contribution is 2.22. The van der Waals surface area contributed by atoms with Crippen LogP contribution in [0.25, 0.3) is 0 Å². The first-order chi connectivity index (χ1) is 10.0. The molecule has 0 radical (unpaired) electrons.